The van der Waals surface area contributed by atoms with Gasteiger partial charge in [0.1, 0.15) is 10.9 Å². The van der Waals surface area contributed by atoms with Crippen molar-refractivity contribution in [1.29, 1.82) is 5.26 Å². The fourth-order valence-electron chi connectivity index (χ4n) is 2.15. The Labute approximate surface area is 129 Å². The van der Waals surface area contributed by atoms with Gasteiger partial charge in [-0.3, -0.25) is 0 Å². The average molecular weight is 305 g/mol. The highest BCUT2D eigenvalue weighted by Gasteiger charge is 2.15. The molecule has 2 rings (SSSR count). The second kappa shape index (κ2) is 6.90. The minimum absolute atomic E-state index is 0.278. The lowest BCUT2D eigenvalue weighted by Gasteiger charge is -2.22. The Bertz CT molecular complexity index is 596. The van der Waals surface area contributed by atoms with Crippen LogP contribution in [0.25, 0.3) is 0 Å². The lowest BCUT2D eigenvalue weighted by Crippen LogP contribution is -2.24. The van der Waals surface area contributed by atoms with Crippen molar-refractivity contribution in [3.63, 3.8) is 0 Å². The molecule has 1 N–H and O–H groups in total. The molecule has 20 heavy (non-hydrogen) atoms. The molecule has 0 aliphatic rings. The van der Waals surface area contributed by atoms with E-state index in [1.54, 1.807) is 0 Å². The van der Waals surface area contributed by atoms with Gasteiger partial charge in [0.25, 0.3) is 0 Å². The van der Waals surface area contributed by atoms with Crippen molar-refractivity contribution in [2.45, 2.75) is 26.4 Å². The van der Waals surface area contributed by atoms with E-state index in [0.717, 1.165) is 16.4 Å². The van der Waals surface area contributed by atoms with Crippen LogP contribution < -0.4 is 5.32 Å². The minimum Gasteiger partial charge on any atom is -0.305 e. The van der Waals surface area contributed by atoms with E-state index >= 15 is 0 Å². The minimum atomic E-state index is 0.278. The molecule has 1 unspecified atom stereocenters. The molecule has 2 nitrogen and oxygen atoms in total. The molecule has 0 aliphatic heterocycles. The highest BCUT2D eigenvalue weighted by atomic mass is 35.5. The Balaban J connectivity index is 2.06. The largest absolute Gasteiger partial charge is 0.305 e. The summed E-state index contributed by atoms with van der Waals surface area (Å²) in [5.74, 6) is 0.478. The standard InChI is InChI=1S/C16H17ClN2S/c1-11(2)16(12-3-5-13(17)6-4-12)19-10-15-8-7-14(9-18)20-15/h3-8,11,16,19H,10H2,1-2H3. The SMILES string of the molecule is CC(C)C(NCc1ccc(C#N)s1)c1ccc(Cl)cc1. The van der Waals surface area contributed by atoms with Crippen LogP contribution in [0.15, 0.2) is 36.4 Å². The van der Waals surface area contributed by atoms with E-state index in [2.05, 4.69) is 37.4 Å². The molecular formula is C16H17ClN2S. The first-order chi connectivity index (χ1) is 9.60. The van der Waals surface area contributed by atoms with Crippen molar-refractivity contribution in [1.82, 2.24) is 5.32 Å². The van der Waals surface area contributed by atoms with E-state index in [4.69, 9.17) is 16.9 Å². The Morgan fingerprint density at radius 1 is 1.20 bits per heavy atom. The third-order valence-electron chi connectivity index (χ3n) is 3.16. The highest BCUT2D eigenvalue weighted by molar-refractivity contribution is 7.12. The van der Waals surface area contributed by atoms with Gasteiger partial charge in [-0.05, 0) is 35.7 Å². The zero-order valence-corrected chi connectivity index (χ0v) is 13.1. The summed E-state index contributed by atoms with van der Waals surface area (Å²) in [6.07, 6.45) is 0. The van der Waals surface area contributed by atoms with Crippen LogP contribution in [0.2, 0.25) is 5.02 Å². The first kappa shape index (κ1) is 15.1. The van der Waals surface area contributed by atoms with Crippen LogP contribution >= 0.6 is 22.9 Å². The summed E-state index contributed by atoms with van der Waals surface area (Å²) in [4.78, 5) is 1.94. The molecule has 0 bridgehead atoms. The van der Waals surface area contributed by atoms with Crippen LogP contribution in [0.4, 0.5) is 0 Å². The molecule has 2 aromatic rings. The molecule has 1 aromatic carbocycles. The van der Waals surface area contributed by atoms with Gasteiger partial charge in [0.05, 0.1) is 0 Å². The number of nitriles is 1. The lowest BCUT2D eigenvalue weighted by molar-refractivity contribution is 0.412. The molecule has 1 atom stereocenters. The molecule has 4 heteroatoms. The van der Waals surface area contributed by atoms with Gasteiger partial charge in [-0.25, -0.2) is 0 Å². The van der Waals surface area contributed by atoms with Crippen LogP contribution in [-0.4, -0.2) is 0 Å². The predicted molar refractivity (Wildman–Crippen MR) is 84.9 cm³/mol. The van der Waals surface area contributed by atoms with Gasteiger partial charge in [-0.15, -0.1) is 11.3 Å². The second-order valence-corrected chi connectivity index (χ2v) is 6.64. The Hall–Kier alpha value is -1.34. The van der Waals surface area contributed by atoms with Gasteiger partial charge in [0.2, 0.25) is 0 Å². The van der Waals surface area contributed by atoms with Crippen molar-refractivity contribution >= 4 is 22.9 Å². The maximum absolute atomic E-state index is 8.85. The number of rotatable bonds is 5. The monoisotopic (exact) mass is 304 g/mol. The van der Waals surface area contributed by atoms with E-state index in [1.807, 2.05) is 24.3 Å². The number of nitrogens with one attached hydrogen (secondary N) is 1. The molecule has 0 amide bonds. The molecule has 0 radical (unpaired) electrons. The van der Waals surface area contributed by atoms with E-state index in [1.165, 1.54) is 21.8 Å². The quantitative estimate of drug-likeness (QED) is 0.864. The van der Waals surface area contributed by atoms with Gasteiger partial charge in [0, 0.05) is 22.5 Å². The average Bonchev–Trinajstić information content (AvgIpc) is 2.88. The van der Waals surface area contributed by atoms with E-state index < -0.39 is 0 Å². The molecule has 0 saturated carbocycles. The van der Waals surface area contributed by atoms with E-state index in [9.17, 15) is 0 Å². The number of hydrogen-bond donors (Lipinski definition) is 1. The highest BCUT2D eigenvalue weighted by Crippen LogP contribution is 2.24. The van der Waals surface area contributed by atoms with Crippen molar-refractivity contribution < 1.29 is 0 Å². The molecule has 0 fully saturated rings. The third-order valence-corrected chi connectivity index (χ3v) is 4.41. The number of hydrogen-bond acceptors (Lipinski definition) is 3. The summed E-state index contributed by atoms with van der Waals surface area (Å²) in [6.45, 7) is 5.17. The van der Waals surface area contributed by atoms with Gasteiger partial charge >= 0.3 is 0 Å². The summed E-state index contributed by atoms with van der Waals surface area (Å²) in [5, 5.41) is 13.2. The summed E-state index contributed by atoms with van der Waals surface area (Å²) in [5.41, 5.74) is 1.24. The maximum atomic E-state index is 8.85. The molecule has 1 aromatic heterocycles. The number of nitrogens with zero attached hydrogens (tertiary/aromatic N) is 1. The number of halogens is 1. The number of benzene rings is 1. The van der Waals surface area contributed by atoms with Gasteiger partial charge in [-0.1, -0.05) is 37.6 Å². The van der Waals surface area contributed by atoms with Crippen LogP contribution in [0, 0.1) is 17.2 Å². The van der Waals surface area contributed by atoms with Crippen LogP contribution in [0.5, 0.6) is 0 Å². The predicted octanol–water partition coefficient (Wildman–Crippen LogP) is 4.76. The lowest BCUT2D eigenvalue weighted by atomic mass is 9.96. The normalized spacial score (nSPS) is 12.3. The first-order valence-corrected chi connectivity index (χ1v) is 7.77. The van der Waals surface area contributed by atoms with Crippen LogP contribution in [-0.2, 0) is 6.54 Å². The van der Waals surface area contributed by atoms with Crippen molar-refractivity contribution in [3.8, 4) is 6.07 Å². The summed E-state index contributed by atoms with van der Waals surface area (Å²) < 4.78 is 0. The molecule has 0 spiro atoms. The van der Waals surface area contributed by atoms with Crippen molar-refractivity contribution in [3.05, 3.63) is 56.7 Å². The zero-order chi connectivity index (χ0) is 14.5. The summed E-state index contributed by atoms with van der Waals surface area (Å²) >= 11 is 7.48. The molecule has 0 saturated heterocycles. The van der Waals surface area contributed by atoms with Gasteiger partial charge in [0.15, 0.2) is 0 Å². The summed E-state index contributed by atoms with van der Waals surface area (Å²) in [7, 11) is 0. The molecule has 1 heterocycles. The smallest absolute Gasteiger partial charge is 0.110 e. The number of thiophene rings is 1. The maximum Gasteiger partial charge on any atom is 0.110 e. The Morgan fingerprint density at radius 2 is 1.90 bits per heavy atom. The third kappa shape index (κ3) is 3.83. The Morgan fingerprint density at radius 3 is 2.45 bits per heavy atom. The fourth-order valence-corrected chi connectivity index (χ4v) is 3.03. The molecule has 0 aliphatic carbocycles. The zero-order valence-electron chi connectivity index (χ0n) is 11.6. The second-order valence-electron chi connectivity index (χ2n) is 5.03. The topological polar surface area (TPSA) is 35.8 Å². The molecular weight excluding hydrogens is 288 g/mol. The van der Waals surface area contributed by atoms with E-state index in [0.29, 0.717) is 5.92 Å². The van der Waals surface area contributed by atoms with E-state index in [-0.39, 0.29) is 6.04 Å². The van der Waals surface area contributed by atoms with Crippen LogP contribution in [0.1, 0.15) is 35.2 Å². The Kier molecular flexibility index (Phi) is 5.19. The fraction of sp³-hybridized carbons (Fsp3) is 0.312. The van der Waals surface area contributed by atoms with Crippen molar-refractivity contribution in [2.75, 3.05) is 0 Å². The van der Waals surface area contributed by atoms with Gasteiger partial charge in [-0.2, -0.15) is 5.26 Å². The van der Waals surface area contributed by atoms with Gasteiger partial charge < -0.3 is 5.32 Å². The molecule has 104 valence electrons. The van der Waals surface area contributed by atoms with Crippen LogP contribution in [0.3, 0.4) is 0 Å². The first-order valence-electron chi connectivity index (χ1n) is 6.58. The van der Waals surface area contributed by atoms with Crippen molar-refractivity contribution in [2.24, 2.45) is 5.92 Å². The summed E-state index contributed by atoms with van der Waals surface area (Å²) in [6, 6.07) is 14.3.